The van der Waals surface area contributed by atoms with Crippen LogP contribution >= 0.6 is 0 Å². The van der Waals surface area contributed by atoms with Crippen LogP contribution in [0.1, 0.15) is 50.5 Å². The van der Waals surface area contributed by atoms with E-state index in [1.54, 1.807) is 0 Å². The van der Waals surface area contributed by atoms with E-state index in [0.717, 1.165) is 44.3 Å². The van der Waals surface area contributed by atoms with Crippen molar-refractivity contribution in [3.63, 3.8) is 0 Å². The predicted octanol–water partition coefficient (Wildman–Crippen LogP) is 3.12. The van der Waals surface area contributed by atoms with Crippen LogP contribution in [0, 0.1) is 5.92 Å². The summed E-state index contributed by atoms with van der Waals surface area (Å²) in [4.78, 5) is 15.2. The molecule has 3 nitrogen and oxygen atoms in total. The molecule has 120 valence electrons. The van der Waals surface area contributed by atoms with Crippen molar-refractivity contribution in [3.05, 3.63) is 35.9 Å². The van der Waals surface area contributed by atoms with Crippen molar-refractivity contribution in [2.75, 3.05) is 19.6 Å². The Kier molecular flexibility index (Phi) is 4.94. The largest absolute Gasteiger partial charge is 0.377 e. The molecule has 22 heavy (non-hydrogen) atoms. The third-order valence-corrected chi connectivity index (χ3v) is 5.40. The summed E-state index contributed by atoms with van der Waals surface area (Å²) in [7, 11) is 0. The van der Waals surface area contributed by atoms with Gasteiger partial charge in [0.2, 0.25) is 0 Å². The Bertz CT molecular complexity index is 489. The first-order valence-corrected chi connectivity index (χ1v) is 8.75. The molecule has 2 aliphatic rings. The van der Waals surface area contributed by atoms with E-state index < -0.39 is 5.60 Å². The average molecular weight is 301 g/mol. The zero-order valence-electron chi connectivity index (χ0n) is 13.3. The van der Waals surface area contributed by atoms with Gasteiger partial charge in [0, 0.05) is 0 Å². The maximum absolute atomic E-state index is 13.0. The molecule has 1 aromatic rings. The summed E-state index contributed by atoms with van der Waals surface area (Å²) in [6, 6.07) is 9.60. The molecule has 1 unspecified atom stereocenters. The fraction of sp³-hybridized carbons (Fsp3) is 0.632. The minimum atomic E-state index is -1.30. The number of carbonyl (C=O) groups is 1. The highest BCUT2D eigenvalue weighted by Gasteiger charge is 2.46. The van der Waals surface area contributed by atoms with Gasteiger partial charge in [0.25, 0.3) is 0 Å². The lowest BCUT2D eigenvalue weighted by molar-refractivity contribution is -0.146. The maximum Gasteiger partial charge on any atom is 0.183 e. The van der Waals surface area contributed by atoms with Crippen LogP contribution in [0.25, 0.3) is 0 Å². The number of likely N-dealkylation sites (tertiary alicyclic amines) is 1. The smallest absolute Gasteiger partial charge is 0.183 e. The lowest BCUT2D eigenvalue weighted by Crippen LogP contribution is -2.48. The van der Waals surface area contributed by atoms with Crippen molar-refractivity contribution in [2.24, 2.45) is 5.92 Å². The van der Waals surface area contributed by atoms with Gasteiger partial charge in [-0.25, -0.2) is 0 Å². The SMILES string of the molecule is O=C(CN1CCCCC1)C(O)(c1ccccc1)C1CCCC1. The van der Waals surface area contributed by atoms with Gasteiger partial charge in [0.15, 0.2) is 11.4 Å². The van der Waals surface area contributed by atoms with Gasteiger partial charge in [-0.2, -0.15) is 0 Å². The Morgan fingerprint density at radius 1 is 1.05 bits per heavy atom. The molecular weight excluding hydrogens is 274 g/mol. The summed E-state index contributed by atoms with van der Waals surface area (Å²) in [5.74, 6) is 0.0692. The summed E-state index contributed by atoms with van der Waals surface area (Å²) in [6.45, 7) is 2.37. The van der Waals surface area contributed by atoms with E-state index in [2.05, 4.69) is 4.90 Å². The van der Waals surface area contributed by atoms with Crippen LogP contribution in [-0.2, 0) is 10.4 Å². The number of piperidine rings is 1. The predicted molar refractivity (Wildman–Crippen MR) is 87.6 cm³/mol. The molecule has 0 spiro atoms. The maximum atomic E-state index is 13.0. The number of Topliss-reactive ketones (excluding diaryl/α,β-unsaturated/α-hetero) is 1. The van der Waals surface area contributed by atoms with Gasteiger partial charge in [-0.05, 0) is 50.3 Å². The van der Waals surface area contributed by atoms with Gasteiger partial charge in [0.05, 0.1) is 6.54 Å². The number of carbonyl (C=O) groups excluding carboxylic acids is 1. The van der Waals surface area contributed by atoms with E-state index in [1.807, 2.05) is 30.3 Å². The van der Waals surface area contributed by atoms with Crippen molar-refractivity contribution in [1.82, 2.24) is 4.90 Å². The molecule has 1 aliphatic carbocycles. The first-order valence-electron chi connectivity index (χ1n) is 8.75. The highest BCUT2D eigenvalue weighted by atomic mass is 16.3. The quantitative estimate of drug-likeness (QED) is 0.908. The van der Waals surface area contributed by atoms with Gasteiger partial charge in [0.1, 0.15) is 0 Å². The van der Waals surface area contributed by atoms with Gasteiger partial charge in [-0.3, -0.25) is 9.69 Å². The first-order chi connectivity index (χ1) is 10.7. The molecule has 3 rings (SSSR count). The van der Waals surface area contributed by atoms with Gasteiger partial charge < -0.3 is 5.11 Å². The van der Waals surface area contributed by atoms with Crippen molar-refractivity contribution >= 4 is 5.78 Å². The second-order valence-electron chi connectivity index (χ2n) is 6.87. The molecule has 0 aromatic heterocycles. The molecule has 0 bridgehead atoms. The van der Waals surface area contributed by atoms with E-state index in [0.29, 0.717) is 6.54 Å². The van der Waals surface area contributed by atoms with Gasteiger partial charge in [-0.15, -0.1) is 0 Å². The average Bonchev–Trinajstić information content (AvgIpc) is 3.11. The molecule has 2 fully saturated rings. The van der Waals surface area contributed by atoms with Crippen LogP contribution in [0.2, 0.25) is 0 Å². The fourth-order valence-corrected chi connectivity index (χ4v) is 4.10. The van der Waals surface area contributed by atoms with E-state index >= 15 is 0 Å². The van der Waals surface area contributed by atoms with Crippen molar-refractivity contribution in [2.45, 2.75) is 50.5 Å². The standard InChI is InChI=1S/C19H27NO2/c21-18(15-20-13-7-2-8-14-20)19(22,17-11-5-6-12-17)16-9-3-1-4-10-16/h1,3-4,9-10,17,22H,2,5-8,11-15H2. The van der Waals surface area contributed by atoms with Gasteiger partial charge >= 0.3 is 0 Å². The molecule has 3 heteroatoms. The highest BCUT2D eigenvalue weighted by Crippen LogP contribution is 2.41. The molecule has 1 saturated carbocycles. The number of hydrogen-bond acceptors (Lipinski definition) is 3. The third-order valence-electron chi connectivity index (χ3n) is 5.40. The van der Waals surface area contributed by atoms with Crippen molar-refractivity contribution in [1.29, 1.82) is 0 Å². The molecule has 1 aromatic carbocycles. The van der Waals surface area contributed by atoms with Crippen molar-refractivity contribution in [3.8, 4) is 0 Å². The van der Waals surface area contributed by atoms with Crippen LogP contribution < -0.4 is 0 Å². The molecule has 0 amide bonds. The number of rotatable bonds is 5. The molecular formula is C19H27NO2. The summed E-state index contributed by atoms with van der Waals surface area (Å²) < 4.78 is 0. The lowest BCUT2D eigenvalue weighted by atomic mass is 9.76. The highest BCUT2D eigenvalue weighted by molar-refractivity contribution is 5.90. The third kappa shape index (κ3) is 3.11. The van der Waals surface area contributed by atoms with Crippen LogP contribution in [0.4, 0.5) is 0 Å². The lowest BCUT2D eigenvalue weighted by Gasteiger charge is -2.36. The van der Waals surface area contributed by atoms with Crippen LogP contribution in [0.15, 0.2) is 30.3 Å². The minimum Gasteiger partial charge on any atom is -0.377 e. The van der Waals surface area contributed by atoms with Crippen LogP contribution in [0.3, 0.4) is 0 Å². The first kappa shape index (κ1) is 15.7. The van der Waals surface area contributed by atoms with Crippen molar-refractivity contribution < 1.29 is 9.90 Å². The normalized spacial score (nSPS) is 23.3. The molecule has 1 heterocycles. The number of ketones is 1. The Morgan fingerprint density at radius 3 is 2.32 bits per heavy atom. The number of benzene rings is 1. The number of aliphatic hydroxyl groups is 1. The molecule has 0 radical (unpaired) electrons. The number of hydrogen-bond donors (Lipinski definition) is 1. The second-order valence-corrected chi connectivity index (χ2v) is 6.87. The van der Waals surface area contributed by atoms with E-state index in [9.17, 15) is 9.90 Å². The molecule has 1 saturated heterocycles. The summed E-state index contributed by atoms with van der Waals surface area (Å²) in [6.07, 6.45) is 7.75. The van der Waals surface area contributed by atoms with Crippen LogP contribution in [-0.4, -0.2) is 35.4 Å². The Balaban J connectivity index is 1.82. The van der Waals surface area contributed by atoms with E-state index in [4.69, 9.17) is 0 Å². The van der Waals surface area contributed by atoms with Gasteiger partial charge in [-0.1, -0.05) is 49.6 Å². The Labute approximate surface area is 133 Å². The van der Waals surface area contributed by atoms with E-state index in [-0.39, 0.29) is 11.7 Å². The molecule has 1 atom stereocenters. The fourth-order valence-electron chi connectivity index (χ4n) is 4.10. The topological polar surface area (TPSA) is 40.5 Å². The zero-order chi connectivity index (χ0) is 15.4. The summed E-state index contributed by atoms with van der Waals surface area (Å²) in [5.41, 5.74) is -0.515. The monoisotopic (exact) mass is 301 g/mol. The summed E-state index contributed by atoms with van der Waals surface area (Å²) >= 11 is 0. The Morgan fingerprint density at radius 2 is 1.68 bits per heavy atom. The minimum absolute atomic E-state index is 0.00694. The molecule has 1 aliphatic heterocycles. The molecule has 1 N–H and O–H groups in total. The van der Waals surface area contributed by atoms with Crippen LogP contribution in [0.5, 0.6) is 0 Å². The summed E-state index contributed by atoms with van der Waals surface area (Å²) in [5, 5.41) is 11.4. The number of nitrogens with zero attached hydrogens (tertiary/aromatic N) is 1. The zero-order valence-corrected chi connectivity index (χ0v) is 13.3. The Hall–Kier alpha value is -1.19. The van der Waals surface area contributed by atoms with E-state index in [1.165, 1.54) is 19.3 Å². The second kappa shape index (κ2) is 6.93.